The number of hydrogen-bond donors (Lipinski definition) is 1. The number of ether oxygens (including phenoxy) is 1. The molecule has 0 atom stereocenters. The minimum atomic E-state index is -0.979. The van der Waals surface area contributed by atoms with Gasteiger partial charge < -0.3 is 9.84 Å². The summed E-state index contributed by atoms with van der Waals surface area (Å²) in [6, 6.07) is 22.5. The van der Waals surface area contributed by atoms with Crippen molar-refractivity contribution in [3.8, 4) is 11.8 Å². The zero-order chi connectivity index (χ0) is 24.1. The topological polar surface area (TPSA) is 108 Å². The zero-order valence-electron chi connectivity index (χ0n) is 17.8. The Bertz CT molecular complexity index is 1320. The number of imide groups is 1. The number of amides is 2. The van der Waals surface area contributed by atoms with E-state index in [0.29, 0.717) is 21.8 Å². The Balaban J connectivity index is 1.40. The monoisotopic (exact) mass is 470 g/mol. The van der Waals surface area contributed by atoms with Crippen molar-refractivity contribution in [3.05, 3.63) is 106 Å². The third-order valence-electron chi connectivity index (χ3n) is 5.12. The predicted octanol–water partition coefficient (Wildman–Crippen LogP) is 5.07. The number of carbonyl (C=O) groups excluding carboxylic acids is 2. The van der Waals surface area contributed by atoms with E-state index in [1.54, 1.807) is 66.7 Å². The van der Waals surface area contributed by atoms with Gasteiger partial charge >= 0.3 is 5.97 Å². The molecule has 0 unspecified atom stereocenters. The van der Waals surface area contributed by atoms with Crippen molar-refractivity contribution in [1.82, 2.24) is 4.90 Å². The van der Waals surface area contributed by atoms with Gasteiger partial charge in [-0.2, -0.15) is 5.26 Å². The number of carboxylic acids is 1. The first-order valence-corrected chi connectivity index (χ1v) is 11.0. The number of benzene rings is 3. The van der Waals surface area contributed by atoms with E-state index in [-0.39, 0.29) is 24.0 Å². The van der Waals surface area contributed by atoms with Gasteiger partial charge in [-0.15, -0.1) is 0 Å². The number of carbonyl (C=O) groups is 3. The molecule has 1 aliphatic heterocycles. The van der Waals surface area contributed by atoms with Crippen molar-refractivity contribution in [3.63, 3.8) is 0 Å². The van der Waals surface area contributed by atoms with Crippen LogP contribution >= 0.6 is 11.8 Å². The summed E-state index contributed by atoms with van der Waals surface area (Å²) in [7, 11) is 0. The molecule has 168 valence electrons. The maximum atomic E-state index is 12.8. The normalized spacial score (nSPS) is 14.3. The molecule has 2 amide bonds. The molecule has 0 saturated carbocycles. The van der Waals surface area contributed by atoms with E-state index in [1.165, 1.54) is 12.1 Å². The molecule has 4 rings (SSSR count). The number of aromatic carboxylic acids is 1. The first-order valence-electron chi connectivity index (χ1n) is 10.2. The molecule has 0 aliphatic carbocycles. The Morgan fingerprint density at radius 2 is 1.74 bits per heavy atom. The molecule has 1 aliphatic rings. The van der Waals surface area contributed by atoms with E-state index < -0.39 is 11.9 Å². The molecule has 0 spiro atoms. The molecular weight excluding hydrogens is 452 g/mol. The van der Waals surface area contributed by atoms with Crippen molar-refractivity contribution in [2.75, 3.05) is 0 Å². The molecule has 3 aromatic rings. The lowest BCUT2D eigenvalue weighted by Gasteiger charge is -2.13. The molecule has 1 N–H and O–H groups in total. The van der Waals surface area contributed by atoms with E-state index >= 15 is 0 Å². The highest BCUT2D eigenvalue weighted by Crippen LogP contribution is 2.33. The number of carboxylic acid groups (broad SMARTS) is 1. The summed E-state index contributed by atoms with van der Waals surface area (Å²) in [5.41, 5.74) is 2.83. The van der Waals surface area contributed by atoms with Gasteiger partial charge in [-0.3, -0.25) is 14.5 Å². The van der Waals surface area contributed by atoms with Crippen LogP contribution in [-0.2, 0) is 17.9 Å². The molecule has 0 aromatic heterocycles. The fourth-order valence-electron chi connectivity index (χ4n) is 3.30. The highest BCUT2D eigenvalue weighted by molar-refractivity contribution is 8.18. The summed E-state index contributed by atoms with van der Waals surface area (Å²) in [6.45, 7) is 0.328. The average Bonchev–Trinajstić information content (AvgIpc) is 3.11. The second-order valence-corrected chi connectivity index (χ2v) is 8.39. The van der Waals surface area contributed by atoms with Crippen LogP contribution < -0.4 is 4.74 Å². The van der Waals surface area contributed by atoms with Crippen molar-refractivity contribution in [2.45, 2.75) is 13.2 Å². The molecule has 1 saturated heterocycles. The minimum absolute atomic E-state index is 0.0476. The SMILES string of the molecule is N#Cc1ccccc1CN1C(=O)S/C(=C/c2ccc(OCc3ccc(C(=O)O)cc3)cc2)C1=O. The summed E-state index contributed by atoms with van der Waals surface area (Å²) in [5.74, 6) is -0.763. The number of nitriles is 1. The van der Waals surface area contributed by atoms with Gasteiger partial charge in [0.1, 0.15) is 12.4 Å². The highest BCUT2D eigenvalue weighted by atomic mass is 32.2. The van der Waals surface area contributed by atoms with Gasteiger partial charge in [0.05, 0.1) is 28.6 Å². The Labute approximate surface area is 199 Å². The van der Waals surface area contributed by atoms with Gasteiger partial charge in [-0.25, -0.2) is 4.79 Å². The molecular formula is C26H18N2O5S. The Hall–Kier alpha value is -4.35. The second kappa shape index (κ2) is 10.1. The second-order valence-electron chi connectivity index (χ2n) is 7.40. The van der Waals surface area contributed by atoms with Crippen LogP contribution in [0, 0.1) is 11.3 Å². The Morgan fingerprint density at radius 3 is 2.41 bits per heavy atom. The maximum absolute atomic E-state index is 12.8. The van der Waals surface area contributed by atoms with Gasteiger partial charge in [0.2, 0.25) is 0 Å². The molecule has 0 radical (unpaired) electrons. The summed E-state index contributed by atoms with van der Waals surface area (Å²) < 4.78 is 5.73. The summed E-state index contributed by atoms with van der Waals surface area (Å²) in [4.78, 5) is 37.6. The first kappa shape index (κ1) is 22.8. The number of hydrogen-bond acceptors (Lipinski definition) is 6. The van der Waals surface area contributed by atoms with E-state index in [1.807, 2.05) is 0 Å². The Morgan fingerprint density at radius 1 is 1.03 bits per heavy atom. The fraction of sp³-hybridized carbons (Fsp3) is 0.0769. The molecule has 8 heteroatoms. The zero-order valence-corrected chi connectivity index (χ0v) is 18.6. The van der Waals surface area contributed by atoms with Gasteiger partial charge in [0.15, 0.2) is 0 Å². The lowest BCUT2D eigenvalue weighted by atomic mass is 10.1. The summed E-state index contributed by atoms with van der Waals surface area (Å²) >= 11 is 0.867. The van der Waals surface area contributed by atoms with E-state index in [0.717, 1.165) is 27.8 Å². The molecule has 3 aromatic carbocycles. The number of nitrogens with zero attached hydrogens (tertiary/aromatic N) is 2. The predicted molar refractivity (Wildman–Crippen MR) is 127 cm³/mol. The minimum Gasteiger partial charge on any atom is -0.489 e. The third kappa shape index (κ3) is 5.17. The number of rotatable bonds is 7. The fourth-order valence-corrected chi connectivity index (χ4v) is 4.13. The average molecular weight is 471 g/mol. The highest BCUT2D eigenvalue weighted by Gasteiger charge is 2.35. The van der Waals surface area contributed by atoms with Crippen LogP contribution in [0.2, 0.25) is 0 Å². The van der Waals surface area contributed by atoms with Crippen molar-refractivity contribution < 1.29 is 24.2 Å². The lowest BCUT2D eigenvalue weighted by Crippen LogP contribution is -2.27. The Kier molecular flexibility index (Phi) is 6.76. The third-order valence-corrected chi connectivity index (χ3v) is 6.03. The van der Waals surface area contributed by atoms with Crippen molar-refractivity contribution in [1.29, 1.82) is 5.26 Å². The standard InChI is InChI=1S/C26H18N2O5S/c27-14-20-3-1-2-4-21(20)15-28-24(29)23(34-26(28)32)13-17-7-11-22(12-8-17)33-16-18-5-9-19(10-6-18)25(30)31/h1-13H,15-16H2,(H,30,31)/b23-13+. The summed E-state index contributed by atoms with van der Waals surface area (Å²) in [5, 5.41) is 17.8. The van der Waals surface area contributed by atoms with E-state index in [4.69, 9.17) is 9.84 Å². The van der Waals surface area contributed by atoms with Crippen molar-refractivity contribution >= 4 is 35.0 Å². The molecule has 1 heterocycles. The van der Waals surface area contributed by atoms with Crippen LogP contribution in [0.3, 0.4) is 0 Å². The summed E-state index contributed by atoms with van der Waals surface area (Å²) in [6.07, 6.45) is 1.65. The van der Waals surface area contributed by atoms with Crippen LogP contribution in [0.5, 0.6) is 5.75 Å². The van der Waals surface area contributed by atoms with Gasteiger partial charge in [-0.1, -0.05) is 42.5 Å². The van der Waals surface area contributed by atoms with E-state index in [9.17, 15) is 19.6 Å². The first-order chi connectivity index (χ1) is 16.4. The largest absolute Gasteiger partial charge is 0.489 e. The van der Waals surface area contributed by atoms with Crippen LogP contribution in [0.25, 0.3) is 6.08 Å². The van der Waals surface area contributed by atoms with Gasteiger partial charge in [0, 0.05) is 0 Å². The van der Waals surface area contributed by atoms with E-state index in [2.05, 4.69) is 6.07 Å². The lowest BCUT2D eigenvalue weighted by molar-refractivity contribution is -0.123. The molecule has 7 nitrogen and oxygen atoms in total. The van der Waals surface area contributed by atoms with Crippen molar-refractivity contribution in [2.24, 2.45) is 0 Å². The van der Waals surface area contributed by atoms with Crippen LogP contribution in [0.1, 0.15) is 32.6 Å². The van der Waals surface area contributed by atoms with Gasteiger partial charge in [0.25, 0.3) is 11.1 Å². The number of thioether (sulfide) groups is 1. The van der Waals surface area contributed by atoms with Crippen LogP contribution in [-0.4, -0.2) is 27.1 Å². The smallest absolute Gasteiger partial charge is 0.335 e. The van der Waals surface area contributed by atoms with Crippen LogP contribution in [0.4, 0.5) is 4.79 Å². The van der Waals surface area contributed by atoms with Crippen LogP contribution in [0.15, 0.2) is 77.7 Å². The molecule has 34 heavy (non-hydrogen) atoms. The quantitative estimate of drug-likeness (QED) is 0.480. The molecule has 0 bridgehead atoms. The maximum Gasteiger partial charge on any atom is 0.335 e. The molecule has 1 fully saturated rings. The van der Waals surface area contributed by atoms with Gasteiger partial charge in [-0.05, 0) is 64.9 Å².